The van der Waals surface area contributed by atoms with Crippen LogP contribution >= 0.6 is 0 Å². The second-order valence-corrected chi connectivity index (χ2v) is 19.9. The third-order valence-corrected chi connectivity index (χ3v) is 13.1. The van der Waals surface area contributed by atoms with E-state index < -0.39 is 6.10 Å². The van der Waals surface area contributed by atoms with Gasteiger partial charge in [-0.25, -0.2) is 0 Å². The summed E-state index contributed by atoms with van der Waals surface area (Å²) in [6.45, 7) is 6.61. The molecule has 6 nitrogen and oxygen atoms in total. The van der Waals surface area contributed by atoms with Crippen LogP contribution < -0.4 is 0 Å². The van der Waals surface area contributed by atoms with E-state index in [1.807, 2.05) is 0 Å². The number of hydrogen-bond donors (Lipinski definition) is 0. The van der Waals surface area contributed by atoms with Gasteiger partial charge in [0.1, 0.15) is 13.2 Å². The average molecular weight is 954 g/mol. The normalized spacial score (nSPS) is 12.3. The van der Waals surface area contributed by atoms with Crippen molar-refractivity contribution < 1.29 is 28.6 Å². The summed E-state index contributed by atoms with van der Waals surface area (Å²) in [4.78, 5) is 38.2. The van der Waals surface area contributed by atoms with Crippen molar-refractivity contribution >= 4 is 17.9 Å². The molecule has 0 saturated heterocycles. The maximum atomic E-state index is 12.9. The molecular formula is C62H112O6. The van der Waals surface area contributed by atoms with E-state index in [0.29, 0.717) is 19.3 Å². The predicted octanol–water partition coefficient (Wildman–Crippen LogP) is 19.8. The van der Waals surface area contributed by atoms with E-state index in [1.54, 1.807) is 0 Å². The largest absolute Gasteiger partial charge is 0.462 e. The van der Waals surface area contributed by atoms with Gasteiger partial charge in [0.15, 0.2) is 6.10 Å². The second-order valence-electron chi connectivity index (χ2n) is 19.9. The summed E-state index contributed by atoms with van der Waals surface area (Å²) in [5.41, 5.74) is 0. The molecule has 0 fully saturated rings. The molecule has 1 atom stereocenters. The van der Waals surface area contributed by atoms with Crippen molar-refractivity contribution in [2.75, 3.05) is 13.2 Å². The Morgan fingerprint density at radius 1 is 0.294 bits per heavy atom. The van der Waals surface area contributed by atoms with Crippen LogP contribution in [0.1, 0.15) is 310 Å². The highest BCUT2D eigenvalue weighted by Gasteiger charge is 2.19. The van der Waals surface area contributed by atoms with Gasteiger partial charge in [0.25, 0.3) is 0 Å². The molecule has 0 bridgehead atoms. The number of unbranched alkanes of at least 4 members (excludes halogenated alkanes) is 35. The van der Waals surface area contributed by atoms with Crippen LogP contribution in [0.5, 0.6) is 0 Å². The van der Waals surface area contributed by atoms with Crippen molar-refractivity contribution in [1.82, 2.24) is 0 Å². The molecule has 0 aliphatic rings. The fourth-order valence-electron chi connectivity index (χ4n) is 8.61. The number of hydrogen-bond acceptors (Lipinski definition) is 6. The number of esters is 3. The Morgan fingerprint density at radius 3 is 0.882 bits per heavy atom. The molecule has 0 aliphatic carbocycles. The van der Waals surface area contributed by atoms with E-state index >= 15 is 0 Å². The van der Waals surface area contributed by atoms with Gasteiger partial charge in [0.2, 0.25) is 0 Å². The van der Waals surface area contributed by atoms with E-state index in [4.69, 9.17) is 14.2 Å². The summed E-state index contributed by atoms with van der Waals surface area (Å²) in [5.74, 6) is -0.925. The lowest BCUT2D eigenvalue weighted by molar-refractivity contribution is -0.167. The maximum absolute atomic E-state index is 12.9. The maximum Gasteiger partial charge on any atom is 0.306 e. The van der Waals surface area contributed by atoms with Gasteiger partial charge in [-0.1, -0.05) is 281 Å². The molecule has 0 aliphatic heterocycles. The van der Waals surface area contributed by atoms with Crippen molar-refractivity contribution in [3.05, 3.63) is 48.6 Å². The third-order valence-electron chi connectivity index (χ3n) is 13.1. The lowest BCUT2D eigenvalue weighted by atomic mass is 10.0. The summed E-state index contributed by atoms with van der Waals surface area (Å²) < 4.78 is 16.8. The lowest BCUT2D eigenvalue weighted by Gasteiger charge is -2.18. The van der Waals surface area contributed by atoms with Crippen LogP contribution in [-0.4, -0.2) is 37.2 Å². The summed E-state index contributed by atoms with van der Waals surface area (Å²) in [6.07, 6.45) is 69.6. The first-order chi connectivity index (χ1) is 33.5. The standard InChI is InChI=1S/C62H112O6/c1-4-7-10-13-16-19-22-25-28-31-34-37-40-43-46-49-52-55-61(64)67-58-59(57-66-60(63)54-51-48-45-42-39-36-33-30-27-24-21-18-15-12-9-6-3)68-62(65)56-53-50-47-44-41-38-35-32-29-26-23-20-17-14-11-8-5-2/h16,19,25,28,34,37,43,46,59H,4-15,17-18,20-24,26-27,29-33,35-36,38-42,44-45,47-58H2,1-3H3/b19-16-,28-25-,37-34-,46-43-/t59-/m1/s1. The number of allylic oxidation sites excluding steroid dienone is 8. The Hall–Kier alpha value is -2.63. The Kier molecular flexibility index (Phi) is 54.8. The molecule has 0 amide bonds. The predicted molar refractivity (Wildman–Crippen MR) is 293 cm³/mol. The van der Waals surface area contributed by atoms with Gasteiger partial charge >= 0.3 is 17.9 Å². The Balaban J connectivity index is 4.41. The lowest BCUT2D eigenvalue weighted by Crippen LogP contribution is -2.30. The average Bonchev–Trinajstić information content (AvgIpc) is 3.34. The van der Waals surface area contributed by atoms with Crippen LogP contribution in [0.2, 0.25) is 0 Å². The molecule has 6 heteroatoms. The van der Waals surface area contributed by atoms with Crippen LogP contribution in [-0.2, 0) is 28.6 Å². The molecule has 68 heavy (non-hydrogen) atoms. The molecule has 0 radical (unpaired) electrons. The summed E-state index contributed by atoms with van der Waals surface area (Å²) in [5, 5.41) is 0. The zero-order valence-electron chi connectivity index (χ0n) is 45.4. The quantitative estimate of drug-likeness (QED) is 0.0262. The van der Waals surface area contributed by atoms with Crippen molar-refractivity contribution in [2.24, 2.45) is 0 Å². The highest BCUT2D eigenvalue weighted by atomic mass is 16.6. The monoisotopic (exact) mass is 953 g/mol. The molecule has 0 aromatic heterocycles. The van der Waals surface area contributed by atoms with Crippen LogP contribution in [0.25, 0.3) is 0 Å². The molecular weight excluding hydrogens is 841 g/mol. The number of rotatable bonds is 54. The summed E-state index contributed by atoms with van der Waals surface area (Å²) in [6, 6.07) is 0. The van der Waals surface area contributed by atoms with Crippen LogP contribution in [0.15, 0.2) is 48.6 Å². The van der Waals surface area contributed by atoms with Crippen molar-refractivity contribution in [3.8, 4) is 0 Å². The number of carbonyl (C=O) groups excluding carboxylic acids is 3. The fourth-order valence-corrected chi connectivity index (χ4v) is 8.61. The van der Waals surface area contributed by atoms with Crippen LogP contribution in [0.3, 0.4) is 0 Å². The highest BCUT2D eigenvalue weighted by Crippen LogP contribution is 2.17. The van der Waals surface area contributed by atoms with Gasteiger partial charge in [-0.2, -0.15) is 0 Å². The fraction of sp³-hybridized carbons (Fsp3) is 0.823. The molecule has 0 heterocycles. The van der Waals surface area contributed by atoms with Crippen LogP contribution in [0, 0.1) is 0 Å². The van der Waals surface area contributed by atoms with Gasteiger partial charge in [-0.05, 0) is 57.8 Å². The third kappa shape index (κ3) is 54.3. The number of carbonyl (C=O) groups is 3. The Bertz CT molecular complexity index is 1190. The highest BCUT2D eigenvalue weighted by molar-refractivity contribution is 5.71. The van der Waals surface area contributed by atoms with Crippen molar-refractivity contribution in [3.63, 3.8) is 0 Å². The minimum atomic E-state index is -0.791. The smallest absolute Gasteiger partial charge is 0.306 e. The van der Waals surface area contributed by atoms with Gasteiger partial charge in [-0.3, -0.25) is 14.4 Å². The molecule has 0 rings (SSSR count). The molecule has 0 N–H and O–H groups in total. The Labute approximate surface area is 422 Å². The zero-order valence-corrected chi connectivity index (χ0v) is 45.4. The zero-order chi connectivity index (χ0) is 49.3. The van der Waals surface area contributed by atoms with E-state index in [-0.39, 0.29) is 37.5 Å². The first kappa shape index (κ1) is 65.4. The molecule has 396 valence electrons. The summed E-state index contributed by atoms with van der Waals surface area (Å²) in [7, 11) is 0. The van der Waals surface area contributed by atoms with Gasteiger partial charge < -0.3 is 14.2 Å². The first-order valence-corrected chi connectivity index (χ1v) is 29.6. The van der Waals surface area contributed by atoms with Crippen molar-refractivity contribution in [2.45, 2.75) is 316 Å². The molecule has 0 saturated carbocycles. The SMILES string of the molecule is CCCCC/C=C\C/C=C\C/C=C\C/C=C\CCCC(=O)OC[C@@H](COC(=O)CCCCCCCCCCCCCCCCCC)OC(=O)CCCCCCCCCCCCCCCCCCC. The molecule has 0 aromatic rings. The van der Waals surface area contributed by atoms with Crippen LogP contribution in [0.4, 0.5) is 0 Å². The minimum Gasteiger partial charge on any atom is -0.462 e. The first-order valence-electron chi connectivity index (χ1n) is 29.6. The topological polar surface area (TPSA) is 78.9 Å². The molecule has 0 aromatic carbocycles. The molecule has 0 spiro atoms. The minimum absolute atomic E-state index is 0.0853. The van der Waals surface area contributed by atoms with E-state index in [9.17, 15) is 14.4 Å². The van der Waals surface area contributed by atoms with E-state index in [1.165, 1.54) is 199 Å². The summed E-state index contributed by atoms with van der Waals surface area (Å²) >= 11 is 0. The van der Waals surface area contributed by atoms with Gasteiger partial charge in [0.05, 0.1) is 0 Å². The van der Waals surface area contributed by atoms with Gasteiger partial charge in [-0.15, -0.1) is 0 Å². The second kappa shape index (κ2) is 57.0. The van der Waals surface area contributed by atoms with Gasteiger partial charge in [0, 0.05) is 19.3 Å². The molecule has 0 unspecified atom stereocenters. The van der Waals surface area contributed by atoms with E-state index in [2.05, 4.69) is 69.4 Å². The van der Waals surface area contributed by atoms with Crippen molar-refractivity contribution in [1.29, 1.82) is 0 Å². The number of ether oxygens (including phenoxy) is 3. The Morgan fingerprint density at radius 2 is 0.544 bits per heavy atom. The van der Waals surface area contributed by atoms with E-state index in [0.717, 1.165) is 64.2 Å².